The van der Waals surface area contributed by atoms with Crippen molar-refractivity contribution in [2.45, 2.75) is 12.5 Å². The highest BCUT2D eigenvalue weighted by molar-refractivity contribution is 6.03. The van der Waals surface area contributed by atoms with Crippen molar-refractivity contribution in [1.29, 1.82) is 0 Å². The Hall–Kier alpha value is -3.54. The van der Waals surface area contributed by atoms with E-state index in [1.807, 2.05) is 35.3 Å². The van der Waals surface area contributed by atoms with Crippen LogP contribution in [0, 0.1) is 15.9 Å². The summed E-state index contributed by atoms with van der Waals surface area (Å²) < 4.78 is 13.3. The van der Waals surface area contributed by atoms with Crippen LogP contribution in [-0.2, 0) is 0 Å². The van der Waals surface area contributed by atoms with Crippen molar-refractivity contribution in [3.8, 4) is 0 Å². The number of hydrogen-bond donors (Lipinski definition) is 0. The Morgan fingerprint density at radius 1 is 0.963 bits per heavy atom. The Balaban J connectivity index is 1.73. The molecule has 0 unspecified atom stereocenters. The molecule has 3 aromatic carbocycles. The molecule has 0 N–H and O–H groups in total. The SMILES string of the molecule is O=[N+]([O-])c1ccc(N2N=C(c3ccccc3)C[C@H]2c2ccc(F)cc2)cc1. The van der Waals surface area contributed by atoms with Gasteiger partial charge in [-0.05, 0) is 35.4 Å². The lowest BCUT2D eigenvalue weighted by molar-refractivity contribution is -0.384. The van der Waals surface area contributed by atoms with Crippen LogP contribution >= 0.6 is 0 Å². The van der Waals surface area contributed by atoms with Gasteiger partial charge in [0.15, 0.2) is 0 Å². The van der Waals surface area contributed by atoms with Gasteiger partial charge in [0.1, 0.15) is 5.82 Å². The van der Waals surface area contributed by atoms with Crippen molar-refractivity contribution in [1.82, 2.24) is 0 Å². The third kappa shape index (κ3) is 3.42. The molecule has 0 amide bonds. The van der Waals surface area contributed by atoms with Crippen LogP contribution in [0.15, 0.2) is 84.0 Å². The van der Waals surface area contributed by atoms with Crippen molar-refractivity contribution in [2.24, 2.45) is 5.10 Å². The molecule has 0 aromatic heterocycles. The standard InChI is InChI=1S/C21H16FN3O2/c22-17-8-6-16(7-9-17)21-14-20(15-4-2-1-3-5-15)23-24(21)18-10-12-19(13-11-18)25(26)27/h1-13,21H,14H2/t21-/m0/s1. The van der Waals surface area contributed by atoms with E-state index in [0.717, 1.165) is 22.5 Å². The Kier molecular flexibility index (Phi) is 4.38. The van der Waals surface area contributed by atoms with Gasteiger partial charge in [-0.2, -0.15) is 5.10 Å². The molecular formula is C21H16FN3O2. The van der Waals surface area contributed by atoms with Gasteiger partial charge in [0.25, 0.3) is 5.69 Å². The van der Waals surface area contributed by atoms with Crippen LogP contribution < -0.4 is 5.01 Å². The van der Waals surface area contributed by atoms with E-state index in [1.54, 1.807) is 24.3 Å². The number of rotatable bonds is 4. The first-order valence-corrected chi connectivity index (χ1v) is 8.54. The van der Waals surface area contributed by atoms with Crippen LogP contribution in [0.2, 0.25) is 0 Å². The molecule has 0 saturated carbocycles. The predicted molar refractivity (Wildman–Crippen MR) is 102 cm³/mol. The summed E-state index contributed by atoms with van der Waals surface area (Å²) in [6, 6.07) is 22.4. The first kappa shape index (κ1) is 16.9. The van der Waals surface area contributed by atoms with E-state index in [-0.39, 0.29) is 17.5 Å². The maximum absolute atomic E-state index is 13.3. The highest BCUT2D eigenvalue weighted by atomic mass is 19.1. The normalized spacial score (nSPS) is 16.3. The fraction of sp³-hybridized carbons (Fsp3) is 0.0952. The molecule has 1 aliphatic heterocycles. The fourth-order valence-corrected chi connectivity index (χ4v) is 3.23. The molecule has 1 atom stereocenters. The Morgan fingerprint density at radius 2 is 1.63 bits per heavy atom. The van der Waals surface area contributed by atoms with Gasteiger partial charge in [0, 0.05) is 18.6 Å². The summed E-state index contributed by atoms with van der Waals surface area (Å²) in [5.74, 6) is -0.289. The maximum atomic E-state index is 13.3. The number of non-ortho nitro benzene ring substituents is 1. The zero-order chi connectivity index (χ0) is 18.8. The maximum Gasteiger partial charge on any atom is 0.269 e. The van der Waals surface area contributed by atoms with Crippen molar-refractivity contribution in [3.05, 3.63) is 106 Å². The number of hydrogen-bond acceptors (Lipinski definition) is 4. The Morgan fingerprint density at radius 3 is 2.26 bits per heavy atom. The Bertz CT molecular complexity index is 986. The number of hydrazone groups is 1. The van der Waals surface area contributed by atoms with E-state index < -0.39 is 4.92 Å². The van der Waals surface area contributed by atoms with Gasteiger partial charge in [0.05, 0.1) is 22.4 Å². The zero-order valence-electron chi connectivity index (χ0n) is 14.3. The highest BCUT2D eigenvalue weighted by Crippen LogP contribution is 2.37. The van der Waals surface area contributed by atoms with Crippen LogP contribution in [0.3, 0.4) is 0 Å². The molecule has 0 bridgehead atoms. The van der Waals surface area contributed by atoms with Gasteiger partial charge >= 0.3 is 0 Å². The number of nitrogens with zero attached hydrogens (tertiary/aromatic N) is 3. The summed E-state index contributed by atoms with van der Waals surface area (Å²) in [6.07, 6.45) is 0.659. The molecule has 0 radical (unpaired) electrons. The van der Waals surface area contributed by atoms with E-state index in [9.17, 15) is 14.5 Å². The summed E-state index contributed by atoms with van der Waals surface area (Å²) in [7, 11) is 0. The Labute approximate surface area is 155 Å². The molecule has 5 nitrogen and oxygen atoms in total. The van der Waals surface area contributed by atoms with E-state index in [1.165, 1.54) is 24.3 Å². The third-order valence-corrected chi connectivity index (χ3v) is 4.60. The van der Waals surface area contributed by atoms with Gasteiger partial charge < -0.3 is 0 Å². The lowest BCUT2D eigenvalue weighted by Gasteiger charge is -2.23. The summed E-state index contributed by atoms with van der Waals surface area (Å²) in [5, 5.41) is 17.5. The zero-order valence-corrected chi connectivity index (χ0v) is 14.3. The van der Waals surface area contributed by atoms with E-state index in [0.29, 0.717) is 6.42 Å². The number of halogens is 1. The molecule has 1 heterocycles. The summed E-state index contributed by atoms with van der Waals surface area (Å²) >= 11 is 0. The average Bonchev–Trinajstić information content (AvgIpc) is 3.15. The van der Waals surface area contributed by atoms with Crippen LogP contribution in [0.1, 0.15) is 23.6 Å². The second-order valence-electron chi connectivity index (χ2n) is 6.30. The van der Waals surface area contributed by atoms with Gasteiger partial charge in [-0.3, -0.25) is 15.1 Å². The second kappa shape index (κ2) is 6.99. The lowest BCUT2D eigenvalue weighted by Crippen LogP contribution is -2.18. The number of nitro benzene ring substituents is 1. The molecule has 0 aliphatic carbocycles. The van der Waals surface area contributed by atoms with Gasteiger partial charge in [-0.1, -0.05) is 42.5 Å². The van der Waals surface area contributed by atoms with E-state index >= 15 is 0 Å². The predicted octanol–water partition coefficient (Wildman–Crippen LogP) is 5.09. The lowest BCUT2D eigenvalue weighted by atomic mass is 9.98. The summed E-state index contributed by atoms with van der Waals surface area (Å²) in [5.41, 5.74) is 3.66. The fourth-order valence-electron chi connectivity index (χ4n) is 3.23. The van der Waals surface area contributed by atoms with Gasteiger partial charge in [0.2, 0.25) is 0 Å². The van der Waals surface area contributed by atoms with Gasteiger partial charge in [-0.15, -0.1) is 0 Å². The minimum absolute atomic E-state index is 0.0311. The molecule has 0 spiro atoms. The van der Waals surface area contributed by atoms with Crippen molar-refractivity contribution < 1.29 is 9.31 Å². The first-order chi connectivity index (χ1) is 13.1. The molecule has 1 aliphatic rings. The molecule has 3 aromatic rings. The van der Waals surface area contributed by atoms with Crippen LogP contribution in [0.4, 0.5) is 15.8 Å². The molecule has 134 valence electrons. The monoisotopic (exact) mass is 361 g/mol. The second-order valence-corrected chi connectivity index (χ2v) is 6.30. The third-order valence-electron chi connectivity index (χ3n) is 4.60. The molecule has 27 heavy (non-hydrogen) atoms. The molecule has 6 heteroatoms. The minimum atomic E-state index is -0.427. The largest absolute Gasteiger partial charge is 0.269 e. The van der Waals surface area contributed by atoms with Crippen LogP contribution in [0.5, 0.6) is 0 Å². The smallest absolute Gasteiger partial charge is 0.258 e. The number of anilines is 1. The minimum Gasteiger partial charge on any atom is -0.258 e. The van der Waals surface area contributed by atoms with Gasteiger partial charge in [-0.25, -0.2) is 4.39 Å². The molecule has 0 fully saturated rings. The van der Waals surface area contributed by atoms with Crippen molar-refractivity contribution in [2.75, 3.05) is 5.01 Å². The van der Waals surface area contributed by atoms with E-state index in [4.69, 9.17) is 5.10 Å². The van der Waals surface area contributed by atoms with Crippen LogP contribution in [-0.4, -0.2) is 10.6 Å². The quantitative estimate of drug-likeness (QED) is 0.480. The summed E-state index contributed by atoms with van der Waals surface area (Å²) in [6.45, 7) is 0. The van der Waals surface area contributed by atoms with Crippen molar-refractivity contribution >= 4 is 17.1 Å². The molecule has 4 rings (SSSR count). The van der Waals surface area contributed by atoms with Crippen molar-refractivity contribution in [3.63, 3.8) is 0 Å². The first-order valence-electron chi connectivity index (χ1n) is 8.54. The number of nitro groups is 1. The molecular weight excluding hydrogens is 345 g/mol. The topological polar surface area (TPSA) is 58.7 Å². The average molecular weight is 361 g/mol. The number of benzene rings is 3. The van der Waals surface area contributed by atoms with Crippen LogP contribution in [0.25, 0.3) is 0 Å². The highest BCUT2D eigenvalue weighted by Gasteiger charge is 2.30. The summed E-state index contributed by atoms with van der Waals surface area (Å²) in [4.78, 5) is 10.5. The van der Waals surface area contributed by atoms with E-state index in [2.05, 4.69) is 0 Å². The molecule has 0 saturated heterocycles.